The van der Waals surface area contributed by atoms with Crippen molar-refractivity contribution in [3.63, 3.8) is 0 Å². The number of ketones is 1. The summed E-state index contributed by atoms with van der Waals surface area (Å²) in [6, 6.07) is 3.17. The fourth-order valence-electron chi connectivity index (χ4n) is 3.05. The first-order valence-corrected chi connectivity index (χ1v) is 8.68. The number of hydrogen-bond donors (Lipinski definition) is 3. The maximum absolute atomic E-state index is 12.7. The molecule has 27 heavy (non-hydrogen) atoms. The van der Waals surface area contributed by atoms with Crippen molar-refractivity contribution in [2.45, 2.75) is 33.2 Å². The van der Waals surface area contributed by atoms with Gasteiger partial charge in [0.05, 0.1) is 12.1 Å². The molecule has 1 heterocycles. The van der Waals surface area contributed by atoms with Crippen LogP contribution in [0.2, 0.25) is 5.02 Å². The third-order valence-corrected chi connectivity index (χ3v) is 4.55. The number of carboxylic acid groups (broad SMARTS) is 1. The van der Waals surface area contributed by atoms with Crippen LogP contribution >= 0.6 is 11.6 Å². The first-order chi connectivity index (χ1) is 12.7. The molecule has 2 aromatic rings. The lowest BCUT2D eigenvalue weighted by molar-refractivity contribution is -0.139. The highest BCUT2D eigenvalue weighted by molar-refractivity contribution is 6.32. The zero-order valence-electron chi connectivity index (χ0n) is 15.5. The van der Waals surface area contributed by atoms with Crippen LogP contribution in [-0.4, -0.2) is 34.9 Å². The van der Waals surface area contributed by atoms with Crippen LogP contribution in [0.3, 0.4) is 0 Å². The molecule has 0 fully saturated rings. The Labute approximate surface area is 161 Å². The van der Waals surface area contributed by atoms with Gasteiger partial charge in [0.2, 0.25) is 0 Å². The van der Waals surface area contributed by atoms with Crippen molar-refractivity contribution in [3.8, 4) is 5.75 Å². The van der Waals surface area contributed by atoms with E-state index in [1.807, 2.05) is 6.92 Å². The van der Waals surface area contributed by atoms with E-state index in [0.29, 0.717) is 34.6 Å². The van der Waals surface area contributed by atoms with Gasteiger partial charge in [-0.1, -0.05) is 24.6 Å². The van der Waals surface area contributed by atoms with Crippen LogP contribution in [0.1, 0.15) is 57.6 Å². The Hall–Kier alpha value is -2.80. The second-order valence-electron chi connectivity index (χ2n) is 6.03. The molecule has 0 saturated heterocycles. The lowest BCUT2D eigenvalue weighted by Crippen LogP contribution is -2.34. The number of aryl methyl sites for hydroxylation is 1. The number of Topliss-reactive ketones (excluding diaryl/α,β-unsaturated/α-hetero) is 1. The quantitative estimate of drug-likeness (QED) is 0.626. The number of H-pyrrole nitrogens is 1. The van der Waals surface area contributed by atoms with Crippen LogP contribution in [0.4, 0.5) is 0 Å². The van der Waals surface area contributed by atoms with Crippen LogP contribution in [0.5, 0.6) is 5.75 Å². The summed E-state index contributed by atoms with van der Waals surface area (Å²) >= 11 is 6.06. The summed E-state index contributed by atoms with van der Waals surface area (Å²) in [5.74, 6) is -1.61. The van der Waals surface area contributed by atoms with Gasteiger partial charge >= 0.3 is 5.97 Å². The number of aromatic amines is 1. The van der Waals surface area contributed by atoms with E-state index in [9.17, 15) is 19.5 Å². The molecule has 8 heteroatoms. The van der Waals surface area contributed by atoms with Crippen LogP contribution in [0, 0.1) is 6.92 Å². The molecule has 0 saturated carbocycles. The van der Waals surface area contributed by atoms with Crippen molar-refractivity contribution >= 4 is 29.3 Å². The molecular formula is C19H21ClN2O5. The molecule has 3 N–H and O–H groups in total. The van der Waals surface area contributed by atoms with E-state index >= 15 is 0 Å². The fourth-order valence-corrected chi connectivity index (χ4v) is 3.32. The van der Waals surface area contributed by atoms with E-state index < -0.39 is 17.9 Å². The zero-order valence-corrected chi connectivity index (χ0v) is 16.2. The summed E-state index contributed by atoms with van der Waals surface area (Å²) < 4.78 is 5.06. The van der Waals surface area contributed by atoms with Gasteiger partial charge in [0, 0.05) is 11.3 Å². The topological polar surface area (TPSA) is 108 Å². The van der Waals surface area contributed by atoms with Gasteiger partial charge in [-0.3, -0.25) is 9.59 Å². The standard InChI is InChI=1S/C19H21ClN2O5/c1-5-12-15(10(3)23)9(2)21-17(12)18(24)22-16(19(25)26)11-6-7-14(27-4)13(20)8-11/h6-8,16,21H,5H2,1-4H3,(H,22,24)(H,25,26). The molecule has 0 spiro atoms. The van der Waals surface area contributed by atoms with Gasteiger partial charge in [0.25, 0.3) is 5.91 Å². The van der Waals surface area contributed by atoms with Crippen molar-refractivity contribution in [2.24, 2.45) is 0 Å². The highest BCUT2D eigenvalue weighted by Crippen LogP contribution is 2.28. The predicted molar refractivity (Wildman–Crippen MR) is 101 cm³/mol. The molecule has 2 rings (SSSR count). The Kier molecular flexibility index (Phi) is 6.28. The number of rotatable bonds is 7. The second kappa shape index (κ2) is 8.26. The molecule has 144 valence electrons. The van der Waals surface area contributed by atoms with Crippen molar-refractivity contribution in [1.82, 2.24) is 10.3 Å². The Bertz CT molecular complexity index is 904. The Morgan fingerprint density at radius 3 is 2.48 bits per heavy atom. The van der Waals surface area contributed by atoms with Gasteiger partial charge in [0.15, 0.2) is 11.8 Å². The molecule has 1 atom stereocenters. The number of aromatic nitrogens is 1. The van der Waals surface area contributed by atoms with Crippen LogP contribution in [0.25, 0.3) is 0 Å². The summed E-state index contributed by atoms with van der Waals surface area (Å²) in [5, 5.41) is 12.3. The molecule has 0 bridgehead atoms. The number of aliphatic carboxylic acids is 1. The third kappa shape index (κ3) is 4.14. The summed E-state index contributed by atoms with van der Waals surface area (Å²) in [7, 11) is 1.45. The summed E-state index contributed by atoms with van der Waals surface area (Å²) in [6.07, 6.45) is 0.452. The summed E-state index contributed by atoms with van der Waals surface area (Å²) in [6.45, 7) is 4.95. The molecule has 0 radical (unpaired) electrons. The average Bonchev–Trinajstić information content (AvgIpc) is 2.95. The van der Waals surface area contributed by atoms with Gasteiger partial charge in [-0.05, 0) is 43.5 Å². The minimum atomic E-state index is -1.31. The monoisotopic (exact) mass is 392 g/mol. The number of benzene rings is 1. The van der Waals surface area contributed by atoms with Crippen molar-refractivity contribution < 1.29 is 24.2 Å². The van der Waals surface area contributed by atoms with Crippen LogP contribution in [-0.2, 0) is 11.2 Å². The maximum Gasteiger partial charge on any atom is 0.330 e. The van der Waals surface area contributed by atoms with Crippen molar-refractivity contribution in [2.75, 3.05) is 7.11 Å². The number of carbonyl (C=O) groups excluding carboxylic acids is 2. The number of amides is 1. The first kappa shape index (κ1) is 20.5. The predicted octanol–water partition coefficient (Wildman–Crippen LogP) is 3.31. The van der Waals surface area contributed by atoms with E-state index in [1.165, 1.54) is 32.2 Å². The number of hydrogen-bond acceptors (Lipinski definition) is 4. The van der Waals surface area contributed by atoms with Gasteiger partial charge in [-0.2, -0.15) is 0 Å². The first-order valence-electron chi connectivity index (χ1n) is 8.30. The molecule has 1 aromatic heterocycles. The van der Waals surface area contributed by atoms with Crippen LogP contribution < -0.4 is 10.1 Å². The number of carboxylic acids is 1. The number of halogens is 1. The molecule has 1 amide bonds. The highest BCUT2D eigenvalue weighted by Gasteiger charge is 2.27. The smallest absolute Gasteiger partial charge is 0.330 e. The van der Waals surface area contributed by atoms with Gasteiger partial charge in [-0.15, -0.1) is 0 Å². The summed E-state index contributed by atoms with van der Waals surface area (Å²) in [4.78, 5) is 39.2. The van der Waals surface area contributed by atoms with Gasteiger partial charge in [0.1, 0.15) is 11.4 Å². The lowest BCUT2D eigenvalue weighted by Gasteiger charge is -2.16. The van der Waals surface area contributed by atoms with E-state index in [2.05, 4.69) is 10.3 Å². The fraction of sp³-hybridized carbons (Fsp3) is 0.316. The minimum Gasteiger partial charge on any atom is -0.495 e. The van der Waals surface area contributed by atoms with Crippen molar-refractivity contribution in [1.29, 1.82) is 0 Å². The highest BCUT2D eigenvalue weighted by atomic mass is 35.5. The third-order valence-electron chi connectivity index (χ3n) is 4.26. The Morgan fingerprint density at radius 1 is 1.33 bits per heavy atom. The molecular weight excluding hydrogens is 372 g/mol. The van der Waals surface area contributed by atoms with Crippen LogP contribution in [0.15, 0.2) is 18.2 Å². The van der Waals surface area contributed by atoms with E-state index in [0.717, 1.165) is 0 Å². The molecule has 7 nitrogen and oxygen atoms in total. The number of methoxy groups -OCH3 is 1. The summed E-state index contributed by atoms with van der Waals surface area (Å²) in [5.41, 5.74) is 2.08. The minimum absolute atomic E-state index is 0.156. The molecule has 1 unspecified atom stereocenters. The Balaban J connectivity index is 2.39. The number of carbonyl (C=O) groups is 3. The molecule has 0 aliphatic rings. The largest absolute Gasteiger partial charge is 0.495 e. The lowest BCUT2D eigenvalue weighted by atomic mass is 10.0. The second-order valence-corrected chi connectivity index (χ2v) is 6.43. The average molecular weight is 393 g/mol. The van der Waals surface area contributed by atoms with E-state index in [1.54, 1.807) is 6.92 Å². The molecule has 0 aliphatic carbocycles. The SMILES string of the molecule is CCc1c(C(=O)NC(C(=O)O)c2ccc(OC)c(Cl)c2)[nH]c(C)c1C(C)=O. The molecule has 1 aromatic carbocycles. The van der Waals surface area contributed by atoms with E-state index in [4.69, 9.17) is 16.3 Å². The zero-order chi connectivity index (χ0) is 20.3. The van der Waals surface area contributed by atoms with Gasteiger partial charge < -0.3 is 20.1 Å². The molecule has 0 aliphatic heterocycles. The van der Waals surface area contributed by atoms with Crippen molar-refractivity contribution in [3.05, 3.63) is 51.3 Å². The van der Waals surface area contributed by atoms with Gasteiger partial charge in [-0.25, -0.2) is 4.79 Å². The normalized spacial score (nSPS) is 11.7. The Morgan fingerprint density at radius 2 is 2.00 bits per heavy atom. The maximum atomic E-state index is 12.7. The number of ether oxygens (including phenoxy) is 1. The number of nitrogens with one attached hydrogen (secondary N) is 2. The van der Waals surface area contributed by atoms with E-state index in [-0.39, 0.29) is 16.5 Å².